The van der Waals surface area contributed by atoms with E-state index in [0.29, 0.717) is 17.8 Å². The Balaban J connectivity index is 2.31. The van der Waals surface area contributed by atoms with Gasteiger partial charge in [-0.3, -0.25) is 0 Å². The Morgan fingerprint density at radius 3 is 2.57 bits per heavy atom. The first-order valence-electron chi connectivity index (χ1n) is 4.30. The molecule has 0 radical (unpaired) electrons. The summed E-state index contributed by atoms with van der Waals surface area (Å²) in [4.78, 5) is 10.8. The fourth-order valence-corrected chi connectivity index (χ4v) is 1.31. The smallest absolute Gasteiger partial charge is 0.319 e. The molecule has 2 rings (SSSR count). The van der Waals surface area contributed by atoms with Crippen LogP contribution in [-0.2, 0) is 0 Å². The molecule has 3 N–H and O–H groups in total. The van der Waals surface area contributed by atoms with Crippen molar-refractivity contribution in [2.24, 2.45) is 0 Å². The number of carbonyl (C=O) groups is 1. The lowest BCUT2D eigenvalue weighted by atomic mass is 10.1. The van der Waals surface area contributed by atoms with Gasteiger partial charge < -0.3 is 15.7 Å². The zero-order chi connectivity index (χ0) is 9.97. The largest absolute Gasteiger partial charge is 0.505 e. The fourth-order valence-electron chi connectivity index (χ4n) is 1.31. The minimum atomic E-state index is -0.275. The Morgan fingerprint density at radius 2 is 2.00 bits per heavy atom. The van der Waals surface area contributed by atoms with Crippen LogP contribution in [0.1, 0.15) is 5.56 Å². The summed E-state index contributed by atoms with van der Waals surface area (Å²) >= 11 is 0. The van der Waals surface area contributed by atoms with Crippen LogP contribution in [0, 0.1) is 0 Å². The van der Waals surface area contributed by atoms with Crippen LogP contribution in [0.5, 0.6) is 0 Å². The van der Waals surface area contributed by atoms with E-state index < -0.39 is 0 Å². The third-order valence-corrected chi connectivity index (χ3v) is 2.02. The van der Waals surface area contributed by atoms with Crippen LogP contribution in [0.2, 0.25) is 0 Å². The molecule has 0 saturated carbocycles. The summed E-state index contributed by atoms with van der Waals surface area (Å²) in [6.07, 6.45) is 0. The topological polar surface area (TPSA) is 61.4 Å². The molecule has 1 saturated heterocycles. The number of hydrogen-bond donors (Lipinski definition) is 3. The second kappa shape index (κ2) is 3.41. The summed E-state index contributed by atoms with van der Waals surface area (Å²) in [6.45, 7) is 0.347. The van der Waals surface area contributed by atoms with Crippen LogP contribution >= 0.6 is 0 Å². The van der Waals surface area contributed by atoms with Crippen LogP contribution in [0.3, 0.4) is 0 Å². The van der Waals surface area contributed by atoms with Crippen molar-refractivity contribution < 1.29 is 9.90 Å². The summed E-state index contributed by atoms with van der Waals surface area (Å²) < 4.78 is 0. The number of carbonyl (C=O) groups excluding carboxylic acids is 1. The van der Waals surface area contributed by atoms with Gasteiger partial charge in [-0.25, -0.2) is 4.79 Å². The molecular weight excluding hydrogens is 180 g/mol. The third-order valence-electron chi connectivity index (χ3n) is 2.02. The highest BCUT2D eigenvalue weighted by atomic mass is 16.3. The van der Waals surface area contributed by atoms with Gasteiger partial charge in [-0.2, -0.15) is 0 Å². The second-order valence-electron chi connectivity index (χ2n) is 3.00. The first-order valence-corrected chi connectivity index (χ1v) is 4.30. The molecule has 4 heteroatoms. The van der Waals surface area contributed by atoms with Gasteiger partial charge in [0, 0.05) is 5.56 Å². The lowest BCUT2D eigenvalue weighted by Gasteiger charge is -2.02. The van der Waals surface area contributed by atoms with Gasteiger partial charge in [-0.15, -0.1) is 0 Å². The number of rotatable bonds is 1. The molecule has 0 aromatic heterocycles. The highest BCUT2D eigenvalue weighted by Crippen LogP contribution is 2.14. The Labute approximate surface area is 81.3 Å². The van der Waals surface area contributed by atoms with Gasteiger partial charge in [0.1, 0.15) is 5.76 Å². The molecule has 72 valence electrons. The second-order valence-corrected chi connectivity index (χ2v) is 3.00. The summed E-state index contributed by atoms with van der Waals surface area (Å²) in [5.74, 6) is 0.115. The molecule has 0 atom stereocenters. The number of aliphatic hydroxyl groups excluding tert-OH is 1. The van der Waals surface area contributed by atoms with Crippen LogP contribution in [-0.4, -0.2) is 17.7 Å². The molecule has 1 fully saturated rings. The van der Waals surface area contributed by atoms with E-state index in [2.05, 4.69) is 10.6 Å². The van der Waals surface area contributed by atoms with Crippen LogP contribution in [0.15, 0.2) is 36.0 Å². The maximum absolute atomic E-state index is 10.8. The minimum Gasteiger partial charge on any atom is -0.505 e. The van der Waals surface area contributed by atoms with Crippen LogP contribution in [0.4, 0.5) is 4.79 Å². The fraction of sp³-hybridized carbons (Fsp3) is 0.100. The van der Waals surface area contributed by atoms with Crippen molar-refractivity contribution in [1.29, 1.82) is 0 Å². The number of aliphatic hydroxyl groups is 1. The van der Waals surface area contributed by atoms with Gasteiger partial charge in [0.15, 0.2) is 0 Å². The first kappa shape index (κ1) is 8.62. The van der Waals surface area contributed by atoms with Crippen molar-refractivity contribution in [1.82, 2.24) is 10.6 Å². The number of nitrogens with one attached hydrogen (secondary N) is 2. The third kappa shape index (κ3) is 1.54. The number of amides is 2. The molecule has 1 aromatic rings. The summed E-state index contributed by atoms with van der Waals surface area (Å²) in [6, 6.07) is 8.82. The normalized spacial score (nSPS) is 18.7. The van der Waals surface area contributed by atoms with E-state index in [1.54, 1.807) is 12.1 Å². The molecule has 0 bridgehead atoms. The summed E-state index contributed by atoms with van der Waals surface area (Å²) in [7, 11) is 0. The molecule has 1 aliphatic heterocycles. The molecule has 1 aliphatic rings. The van der Waals surface area contributed by atoms with Gasteiger partial charge in [0.25, 0.3) is 0 Å². The summed E-state index contributed by atoms with van der Waals surface area (Å²) in [5, 5.41) is 14.8. The van der Waals surface area contributed by atoms with Crippen molar-refractivity contribution in [2.75, 3.05) is 6.54 Å². The first-order chi connectivity index (χ1) is 6.77. The Hall–Kier alpha value is -1.97. The van der Waals surface area contributed by atoms with E-state index in [9.17, 15) is 9.90 Å². The average Bonchev–Trinajstić information content (AvgIpc) is 2.65. The lowest BCUT2D eigenvalue weighted by molar-refractivity contribution is 0.249. The maximum atomic E-state index is 10.8. The monoisotopic (exact) mass is 190 g/mol. The molecule has 0 spiro atoms. The van der Waals surface area contributed by atoms with Gasteiger partial charge in [0.05, 0.1) is 12.2 Å². The maximum Gasteiger partial charge on any atom is 0.319 e. The van der Waals surface area contributed by atoms with E-state index in [1.165, 1.54) is 0 Å². The van der Waals surface area contributed by atoms with Crippen molar-refractivity contribution in [3.05, 3.63) is 41.6 Å². The Morgan fingerprint density at radius 1 is 1.29 bits per heavy atom. The molecule has 1 heterocycles. The molecule has 0 unspecified atom stereocenters. The van der Waals surface area contributed by atoms with Crippen molar-refractivity contribution in [2.45, 2.75) is 0 Å². The minimum absolute atomic E-state index is 0.115. The zero-order valence-corrected chi connectivity index (χ0v) is 7.45. The molecule has 14 heavy (non-hydrogen) atoms. The van der Waals surface area contributed by atoms with Gasteiger partial charge in [-0.05, 0) is 0 Å². The van der Waals surface area contributed by atoms with Crippen molar-refractivity contribution >= 4 is 11.8 Å². The van der Waals surface area contributed by atoms with Gasteiger partial charge in [0.2, 0.25) is 0 Å². The Bertz CT molecular complexity index is 384. The molecule has 2 amide bonds. The van der Waals surface area contributed by atoms with Crippen LogP contribution < -0.4 is 10.6 Å². The van der Waals surface area contributed by atoms with Gasteiger partial charge in [-0.1, -0.05) is 30.3 Å². The molecule has 4 nitrogen and oxygen atoms in total. The van der Waals surface area contributed by atoms with Gasteiger partial charge >= 0.3 is 6.03 Å². The van der Waals surface area contributed by atoms with Crippen LogP contribution in [0.25, 0.3) is 5.76 Å². The number of urea groups is 1. The number of hydrogen-bond acceptors (Lipinski definition) is 2. The van der Waals surface area contributed by atoms with E-state index in [-0.39, 0.29) is 11.8 Å². The SMILES string of the molecule is O=C1NCC(=C(O)c2ccccc2)N1. The van der Waals surface area contributed by atoms with E-state index in [0.717, 1.165) is 0 Å². The lowest BCUT2D eigenvalue weighted by Crippen LogP contribution is -2.20. The number of benzene rings is 1. The standard InChI is InChI=1S/C10H10N2O2/c13-9(7-4-2-1-3-5-7)8-6-11-10(14)12-8/h1-5,13H,6H2,(H2,11,12,14). The molecule has 1 aromatic carbocycles. The highest BCUT2D eigenvalue weighted by molar-refractivity contribution is 5.82. The Kier molecular flexibility index (Phi) is 2.10. The van der Waals surface area contributed by atoms with E-state index >= 15 is 0 Å². The molecular formula is C10H10N2O2. The van der Waals surface area contributed by atoms with Crippen molar-refractivity contribution in [3.63, 3.8) is 0 Å². The average molecular weight is 190 g/mol. The quantitative estimate of drug-likeness (QED) is 0.583. The van der Waals surface area contributed by atoms with E-state index in [4.69, 9.17) is 0 Å². The van der Waals surface area contributed by atoms with E-state index in [1.807, 2.05) is 18.2 Å². The predicted molar refractivity (Wildman–Crippen MR) is 52.5 cm³/mol. The summed E-state index contributed by atoms with van der Waals surface area (Å²) in [5.41, 5.74) is 1.22. The zero-order valence-electron chi connectivity index (χ0n) is 7.45. The highest BCUT2D eigenvalue weighted by Gasteiger charge is 2.17. The molecule has 0 aliphatic carbocycles. The van der Waals surface area contributed by atoms with Crippen molar-refractivity contribution in [3.8, 4) is 0 Å². The predicted octanol–water partition coefficient (Wildman–Crippen LogP) is 1.23.